The predicted molar refractivity (Wildman–Crippen MR) is 80.3 cm³/mol. The Morgan fingerprint density at radius 1 is 0.667 bits per heavy atom. The zero-order chi connectivity index (χ0) is 11.2. The van der Waals surface area contributed by atoms with Gasteiger partial charge in [0.2, 0.25) is 0 Å². The summed E-state index contributed by atoms with van der Waals surface area (Å²) in [6.45, 7) is 5.68. The van der Waals surface area contributed by atoms with Crippen molar-refractivity contribution in [2.75, 3.05) is 26.2 Å². The molecule has 0 unspecified atom stereocenters. The lowest BCUT2D eigenvalue weighted by atomic mass is 9.71. The van der Waals surface area contributed by atoms with Crippen LogP contribution < -0.4 is 0 Å². The van der Waals surface area contributed by atoms with Gasteiger partial charge in [0.15, 0.2) is 0 Å². The van der Waals surface area contributed by atoms with E-state index in [0.29, 0.717) is 0 Å². The molecule has 0 N–H and O–H groups in total. The van der Waals surface area contributed by atoms with Crippen LogP contribution in [0.1, 0.15) is 44.9 Å². The van der Waals surface area contributed by atoms with Gasteiger partial charge in [0.05, 0.1) is 0 Å². The van der Waals surface area contributed by atoms with Crippen LogP contribution in [0.4, 0.5) is 0 Å². The van der Waals surface area contributed by atoms with Gasteiger partial charge in [-0.05, 0) is 57.0 Å². The van der Waals surface area contributed by atoms with Crippen LogP contribution in [0.25, 0.3) is 0 Å². The number of nitrogens with zero attached hydrogens (tertiary/aromatic N) is 2. The fourth-order valence-electron chi connectivity index (χ4n) is 5.25. The van der Waals surface area contributed by atoms with E-state index in [0.717, 1.165) is 23.9 Å². The summed E-state index contributed by atoms with van der Waals surface area (Å²) in [4.78, 5) is 5.74. The van der Waals surface area contributed by atoms with Gasteiger partial charge < -0.3 is 0 Å². The SMILES string of the molecule is Br.C1CCN2C[C@H]3C[C@H](CN4CCCC[C@@H]34)[C@H]2C1. The second-order valence-corrected chi connectivity index (χ2v) is 6.87. The monoisotopic (exact) mass is 314 g/mol. The summed E-state index contributed by atoms with van der Waals surface area (Å²) in [5.41, 5.74) is 0. The van der Waals surface area contributed by atoms with Gasteiger partial charge in [-0.3, -0.25) is 9.80 Å². The molecule has 4 heterocycles. The third-order valence-corrected chi connectivity index (χ3v) is 5.96. The Labute approximate surface area is 122 Å². The van der Waals surface area contributed by atoms with Gasteiger partial charge in [0.1, 0.15) is 0 Å². The molecule has 0 aromatic heterocycles. The molecule has 4 aliphatic rings. The van der Waals surface area contributed by atoms with Gasteiger partial charge in [0.25, 0.3) is 0 Å². The Balaban J connectivity index is 0.000001000. The topological polar surface area (TPSA) is 6.48 Å². The van der Waals surface area contributed by atoms with Gasteiger partial charge in [-0.25, -0.2) is 0 Å². The summed E-state index contributed by atoms with van der Waals surface area (Å²) in [5, 5.41) is 0. The molecule has 2 nitrogen and oxygen atoms in total. The molecule has 4 rings (SSSR count). The average Bonchev–Trinajstić information content (AvgIpc) is 2.39. The first kappa shape index (κ1) is 13.4. The van der Waals surface area contributed by atoms with Crippen LogP contribution in [-0.4, -0.2) is 48.1 Å². The first-order valence-corrected chi connectivity index (χ1v) is 7.90. The predicted octanol–water partition coefficient (Wildman–Crippen LogP) is 2.92. The molecule has 4 aliphatic heterocycles. The van der Waals surface area contributed by atoms with Crippen molar-refractivity contribution in [1.82, 2.24) is 9.80 Å². The normalized spacial score (nSPS) is 44.7. The third kappa shape index (κ3) is 2.16. The van der Waals surface area contributed by atoms with Gasteiger partial charge in [-0.2, -0.15) is 0 Å². The van der Waals surface area contributed by atoms with Crippen molar-refractivity contribution in [3.63, 3.8) is 0 Å². The second-order valence-electron chi connectivity index (χ2n) is 6.87. The summed E-state index contributed by atoms with van der Waals surface area (Å²) < 4.78 is 0. The van der Waals surface area contributed by atoms with Crippen LogP contribution in [0.3, 0.4) is 0 Å². The molecule has 0 aliphatic carbocycles. The number of hydrogen-bond donors (Lipinski definition) is 0. The lowest BCUT2D eigenvalue weighted by molar-refractivity contribution is -0.0718. The number of piperidine rings is 4. The molecule has 0 spiro atoms. The zero-order valence-corrected chi connectivity index (χ0v) is 13.1. The highest BCUT2D eigenvalue weighted by molar-refractivity contribution is 8.93. The summed E-state index contributed by atoms with van der Waals surface area (Å²) >= 11 is 0. The van der Waals surface area contributed by atoms with Gasteiger partial charge in [-0.1, -0.05) is 12.8 Å². The van der Waals surface area contributed by atoms with Crippen LogP contribution in [0.15, 0.2) is 0 Å². The highest BCUT2D eigenvalue weighted by Gasteiger charge is 2.46. The summed E-state index contributed by atoms with van der Waals surface area (Å²) in [6.07, 6.45) is 10.5. The van der Waals surface area contributed by atoms with Crippen LogP contribution >= 0.6 is 17.0 Å². The molecule has 4 saturated heterocycles. The van der Waals surface area contributed by atoms with Crippen molar-refractivity contribution in [3.05, 3.63) is 0 Å². The van der Waals surface area contributed by atoms with Crippen molar-refractivity contribution >= 4 is 17.0 Å². The van der Waals surface area contributed by atoms with E-state index in [1.165, 1.54) is 64.7 Å². The van der Waals surface area contributed by atoms with E-state index in [2.05, 4.69) is 9.80 Å². The van der Waals surface area contributed by atoms with Crippen molar-refractivity contribution in [1.29, 1.82) is 0 Å². The number of rotatable bonds is 0. The minimum Gasteiger partial charge on any atom is -0.300 e. The second kappa shape index (κ2) is 5.41. The van der Waals surface area contributed by atoms with Crippen molar-refractivity contribution in [3.8, 4) is 0 Å². The molecule has 0 amide bonds. The molecule has 104 valence electrons. The largest absolute Gasteiger partial charge is 0.300 e. The minimum atomic E-state index is 0. The minimum absolute atomic E-state index is 0. The van der Waals surface area contributed by atoms with Crippen LogP contribution in [-0.2, 0) is 0 Å². The molecule has 0 aromatic rings. The Morgan fingerprint density at radius 2 is 1.17 bits per heavy atom. The molecular formula is C15H27BrN2. The average molecular weight is 315 g/mol. The smallest absolute Gasteiger partial charge is 0.0136 e. The Morgan fingerprint density at radius 3 is 1.67 bits per heavy atom. The van der Waals surface area contributed by atoms with Crippen LogP contribution in [0.2, 0.25) is 0 Å². The number of halogens is 1. The Bertz CT molecular complexity index is 268. The maximum Gasteiger partial charge on any atom is 0.0136 e. The quantitative estimate of drug-likeness (QED) is 0.678. The maximum absolute atomic E-state index is 2.87. The van der Waals surface area contributed by atoms with E-state index >= 15 is 0 Å². The molecule has 0 saturated carbocycles. The molecule has 4 fully saturated rings. The van der Waals surface area contributed by atoms with E-state index in [1.54, 1.807) is 6.42 Å². The molecule has 2 bridgehead atoms. The summed E-state index contributed by atoms with van der Waals surface area (Å²) in [6, 6.07) is 1.92. The molecule has 0 radical (unpaired) electrons. The molecule has 4 atom stereocenters. The third-order valence-electron chi connectivity index (χ3n) is 5.96. The standard InChI is InChI=1S/C15H26N2.BrH/c1-3-7-16-11-13-9-12(14(16)5-1)10-17-8-4-2-6-15(13)17;/h12-15H,1-11H2;1H/t12-,13-,14-,15+;/m1./s1. The van der Waals surface area contributed by atoms with E-state index in [1.807, 2.05) is 0 Å². The molecule has 18 heavy (non-hydrogen) atoms. The fraction of sp³-hybridized carbons (Fsp3) is 1.00. The van der Waals surface area contributed by atoms with Crippen molar-refractivity contribution in [2.45, 2.75) is 57.0 Å². The van der Waals surface area contributed by atoms with Crippen molar-refractivity contribution < 1.29 is 0 Å². The first-order chi connectivity index (χ1) is 8.42. The molecular weight excluding hydrogens is 288 g/mol. The highest BCUT2D eigenvalue weighted by atomic mass is 79.9. The number of fused-ring (bicyclic) bond motifs is 6. The lowest BCUT2D eigenvalue weighted by Crippen LogP contribution is -2.63. The fourth-order valence-corrected chi connectivity index (χ4v) is 5.25. The molecule has 3 heteroatoms. The van der Waals surface area contributed by atoms with Crippen molar-refractivity contribution in [2.24, 2.45) is 11.8 Å². The van der Waals surface area contributed by atoms with E-state index in [-0.39, 0.29) is 17.0 Å². The zero-order valence-electron chi connectivity index (χ0n) is 11.4. The Kier molecular flexibility index (Phi) is 4.03. The lowest BCUT2D eigenvalue weighted by Gasteiger charge is -2.57. The van der Waals surface area contributed by atoms with E-state index in [4.69, 9.17) is 0 Å². The number of hydrogen-bond acceptors (Lipinski definition) is 2. The van der Waals surface area contributed by atoms with Gasteiger partial charge in [-0.15, -0.1) is 17.0 Å². The van der Waals surface area contributed by atoms with E-state index in [9.17, 15) is 0 Å². The highest BCUT2D eigenvalue weighted by Crippen LogP contribution is 2.42. The molecule has 0 aromatic carbocycles. The maximum atomic E-state index is 2.87. The van der Waals surface area contributed by atoms with E-state index < -0.39 is 0 Å². The summed E-state index contributed by atoms with van der Waals surface area (Å²) in [7, 11) is 0. The van der Waals surface area contributed by atoms with Gasteiger partial charge in [0, 0.05) is 25.2 Å². The Hall–Kier alpha value is 0.400. The van der Waals surface area contributed by atoms with Gasteiger partial charge >= 0.3 is 0 Å². The van der Waals surface area contributed by atoms with Crippen LogP contribution in [0, 0.1) is 11.8 Å². The first-order valence-electron chi connectivity index (χ1n) is 7.90. The van der Waals surface area contributed by atoms with Crippen LogP contribution in [0.5, 0.6) is 0 Å². The summed E-state index contributed by atoms with van der Waals surface area (Å²) in [5.74, 6) is 2.03.